The monoisotopic (exact) mass is 402 g/mol. The largest absolute Gasteiger partial charge is 0.445 e. The van der Waals surface area contributed by atoms with Crippen LogP contribution in [0.3, 0.4) is 0 Å². The van der Waals surface area contributed by atoms with Crippen LogP contribution in [0, 0.1) is 12.7 Å². The highest BCUT2D eigenvalue weighted by Crippen LogP contribution is 2.27. The molecule has 1 atom stereocenters. The molecule has 0 radical (unpaired) electrons. The second-order valence-corrected chi connectivity index (χ2v) is 6.95. The van der Waals surface area contributed by atoms with Crippen LogP contribution >= 0.6 is 0 Å². The second-order valence-electron chi connectivity index (χ2n) is 6.95. The molecular formula is C23H19FN4O2. The maximum absolute atomic E-state index is 13.1. The molecule has 30 heavy (non-hydrogen) atoms. The van der Waals surface area contributed by atoms with Gasteiger partial charge in [-0.3, -0.25) is 14.8 Å². The number of benzene rings is 1. The van der Waals surface area contributed by atoms with Crippen LogP contribution in [0.5, 0.6) is 0 Å². The first-order valence-corrected chi connectivity index (χ1v) is 9.40. The molecule has 0 saturated carbocycles. The first-order chi connectivity index (χ1) is 14.5. The van der Waals surface area contributed by atoms with E-state index in [9.17, 15) is 9.18 Å². The number of nitrogens with one attached hydrogen (secondary N) is 1. The molecule has 0 aliphatic heterocycles. The summed E-state index contributed by atoms with van der Waals surface area (Å²) in [7, 11) is 0. The fourth-order valence-corrected chi connectivity index (χ4v) is 3.03. The summed E-state index contributed by atoms with van der Waals surface area (Å²) in [5.41, 5.74) is 4.20. The number of rotatable bonds is 5. The minimum Gasteiger partial charge on any atom is -0.445 e. The van der Waals surface area contributed by atoms with Gasteiger partial charge in [0, 0.05) is 22.9 Å². The molecule has 1 aromatic carbocycles. The van der Waals surface area contributed by atoms with Gasteiger partial charge < -0.3 is 9.73 Å². The van der Waals surface area contributed by atoms with Crippen molar-refractivity contribution in [2.24, 2.45) is 0 Å². The van der Waals surface area contributed by atoms with Crippen LogP contribution in [0.25, 0.3) is 22.7 Å². The molecule has 0 bridgehead atoms. The van der Waals surface area contributed by atoms with Crippen molar-refractivity contribution < 1.29 is 13.6 Å². The number of oxazole rings is 1. The number of halogens is 1. The lowest BCUT2D eigenvalue weighted by Crippen LogP contribution is -2.27. The minimum atomic E-state index is -0.425. The van der Waals surface area contributed by atoms with Crippen molar-refractivity contribution >= 4 is 5.91 Å². The van der Waals surface area contributed by atoms with Crippen molar-refractivity contribution in [3.63, 3.8) is 0 Å². The van der Waals surface area contributed by atoms with Gasteiger partial charge in [-0.15, -0.1) is 0 Å². The van der Waals surface area contributed by atoms with Crippen LogP contribution in [0.1, 0.15) is 34.6 Å². The van der Waals surface area contributed by atoms with Gasteiger partial charge in [-0.05, 0) is 55.8 Å². The fourth-order valence-electron chi connectivity index (χ4n) is 3.03. The molecule has 3 aromatic heterocycles. The number of pyridine rings is 2. The second kappa shape index (κ2) is 8.24. The number of amides is 1. The Morgan fingerprint density at radius 1 is 1.03 bits per heavy atom. The Hall–Kier alpha value is -3.87. The van der Waals surface area contributed by atoms with Gasteiger partial charge in [0.15, 0.2) is 0 Å². The first-order valence-electron chi connectivity index (χ1n) is 9.40. The summed E-state index contributed by atoms with van der Waals surface area (Å²) in [6.07, 6.45) is 5.93. The van der Waals surface area contributed by atoms with Gasteiger partial charge in [-0.2, -0.15) is 0 Å². The molecule has 1 amide bonds. The number of aromatic nitrogens is 3. The number of aryl methyl sites for hydroxylation is 1. The summed E-state index contributed by atoms with van der Waals surface area (Å²) in [5.74, 6) is -0.312. The summed E-state index contributed by atoms with van der Waals surface area (Å²) >= 11 is 0. The van der Waals surface area contributed by atoms with E-state index in [1.165, 1.54) is 12.3 Å². The summed E-state index contributed by atoms with van der Waals surface area (Å²) in [4.78, 5) is 25.7. The van der Waals surface area contributed by atoms with E-state index in [0.29, 0.717) is 22.7 Å². The highest BCUT2D eigenvalue weighted by molar-refractivity contribution is 5.97. The average Bonchev–Trinajstić information content (AvgIpc) is 3.29. The van der Waals surface area contributed by atoms with E-state index < -0.39 is 11.9 Å². The molecule has 4 rings (SSSR count). The highest BCUT2D eigenvalue weighted by atomic mass is 19.1. The Morgan fingerprint density at radius 3 is 2.53 bits per heavy atom. The number of hydrogen-bond donors (Lipinski definition) is 1. The lowest BCUT2D eigenvalue weighted by atomic mass is 10.0. The van der Waals surface area contributed by atoms with Crippen LogP contribution in [0.2, 0.25) is 0 Å². The smallest absolute Gasteiger partial charge is 0.251 e. The van der Waals surface area contributed by atoms with E-state index >= 15 is 0 Å². The predicted molar refractivity (Wildman–Crippen MR) is 110 cm³/mol. The van der Waals surface area contributed by atoms with Crippen molar-refractivity contribution in [3.05, 3.63) is 90.0 Å². The van der Waals surface area contributed by atoms with Crippen molar-refractivity contribution in [2.45, 2.75) is 19.9 Å². The van der Waals surface area contributed by atoms with Gasteiger partial charge in [0.25, 0.3) is 5.91 Å². The maximum Gasteiger partial charge on any atom is 0.251 e. The first kappa shape index (κ1) is 19.4. The van der Waals surface area contributed by atoms with Crippen molar-refractivity contribution in [1.82, 2.24) is 20.3 Å². The number of nitrogens with zero attached hydrogens (tertiary/aromatic N) is 3. The Balaban J connectivity index is 1.68. The zero-order valence-electron chi connectivity index (χ0n) is 16.5. The van der Waals surface area contributed by atoms with E-state index in [0.717, 1.165) is 23.0 Å². The van der Waals surface area contributed by atoms with Crippen molar-refractivity contribution in [1.29, 1.82) is 0 Å². The molecular weight excluding hydrogens is 383 g/mol. The third-order valence-corrected chi connectivity index (χ3v) is 4.62. The van der Waals surface area contributed by atoms with Crippen LogP contribution < -0.4 is 5.32 Å². The highest BCUT2D eigenvalue weighted by Gasteiger charge is 2.16. The molecule has 3 heterocycles. The van der Waals surface area contributed by atoms with Gasteiger partial charge >= 0.3 is 0 Å². The third kappa shape index (κ3) is 4.25. The fraction of sp³-hybridized carbons (Fsp3) is 0.130. The molecule has 150 valence electrons. The normalized spacial score (nSPS) is 11.8. The molecule has 0 spiro atoms. The molecule has 0 aliphatic rings. The van der Waals surface area contributed by atoms with E-state index in [1.807, 2.05) is 25.1 Å². The molecule has 6 nitrogen and oxygen atoms in total. The SMILES string of the molecule is Cc1ccc(-c2cc(C(=O)N[C@H](C)c3ccc(F)cn3)cc(-c3ncco3)c2)nc1. The van der Waals surface area contributed by atoms with Gasteiger partial charge in [-0.25, -0.2) is 9.37 Å². The zero-order chi connectivity index (χ0) is 21.1. The average molecular weight is 402 g/mol. The van der Waals surface area contributed by atoms with Crippen LogP contribution in [0.4, 0.5) is 4.39 Å². The summed E-state index contributed by atoms with van der Waals surface area (Å²) in [6, 6.07) is 11.7. The predicted octanol–water partition coefficient (Wildman–Crippen LogP) is 4.74. The lowest BCUT2D eigenvalue weighted by Gasteiger charge is -2.14. The Labute approximate surface area is 172 Å². The number of carbonyl (C=O) groups is 1. The molecule has 0 saturated heterocycles. The molecule has 4 aromatic rings. The molecule has 7 heteroatoms. The van der Waals surface area contributed by atoms with E-state index in [1.54, 1.807) is 37.5 Å². The van der Waals surface area contributed by atoms with E-state index in [2.05, 4.69) is 20.3 Å². The van der Waals surface area contributed by atoms with Gasteiger partial charge in [0.2, 0.25) is 5.89 Å². The third-order valence-electron chi connectivity index (χ3n) is 4.62. The maximum atomic E-state index is 13.1. The van der Waals surface area contributed by atoms with Crippen LogP contribution in [-0.2, 0) is 0 Å². The molecule has 0 unspecified atom stereocenters. The van der Waals surface area contributed by atoms with Gasteiger partial charge in [0.1, 0.15) is 12.1 Å². The molecule has 1 N–H and O–H groups in total. The summed E-state index contributed by atoms with van der Waals surface area (Å²) in [6.45, 7) is 3.75. The number of hydrogen-bond acceptors (Lipinski definition) is 5. The van der Waals surface area contributed by atoms with Crippen molar-refractivity contribution in [2.75, 3.05) is 0 Å². The number of carbonyl (C=O) groups excluding carboxylic acids is 1. The quantitative estimate of drug-likeness (QED) is 0.522. The Kier molecular flexibility index (Phi) is 5.34. The summed E-state index contributed by atoms with van der Waals surface area (Å²) < 4.78 is 18.5. The topological polar surface area (TPSA) is 80.9 Å². The van der Waals surface area contributed by atoms with Crippen LogP contribution in [-0.4, -0.2) is 20.9 Å². The Bertz CT molecular complexity index is 1160. The minimum absolute atomic E-state index is 0.296. The summed E-state index contributed by atoms with van der Waals surface area (Å²) in [5, 5.41) is 2.90. The molecule has 0 aliphatic carbocycles. The van der Waals surface area contributed by atoms with E-state index in [-0.39, 0.29) is 5.91 Å². The van der Waals surface area contributed by atoms with Crippen LogP contribution in [0.15, 0.2) is 71.7 Å². The van der Waals surface area contributed by atoms with Gasteiger partial charge in [0.05, 0.1) is 29.8 Å². The zero-order valence-corrected chi connectivity index (χ0v) is 16.5. The Morgan fingerprint density at radius 2 is 1.87 bits per heavy atom. The van der Waals surface area contributed by atoms with E-state index in [4.69, 9.17) is 4.42 Å². The lowest BCUT2D eigenvalue weighted by molar-refractivity contribution is 0.0939. The standard InChI is InChI=1S/C23H19FN4O2/c1-14-3-5-21(26-12-14)16-9-17(11-18(10-16)23-25-7-8-30-23)22(29)28-15(2)20-6-4-19(24)13-27-20/h3-13,15H,1-2H3,(H,28,29)/t15-/m1/s1. The molecule has 0 fully saturated rings. The van der Waals surface area contributed by atoms with Crippen molar-refractivity contribution in [3.8, 4) is 22.7 Å². The van der Waals surface area contributed by atoms with Gasteiger partial charge in [-0.1, -0.05) is 6.07 Å².